The monoisotopic (exact) mass is 579 g/mol. The van der Waals surface area contributed by atoms with Crippen molar-refractivity contribution in [3.8, 4) is 0 Å². The molecule has 0 amide bonds. The van der Waals surface area contributed by atoms with E-state index in [9.17, 15) is 0 Å². The van der Waals surface area contributed by atoms with Crippen molar-refractivity contribution in [1.82, 2.24) is 15.1 Å². The van der Waals surface area contributed by atoms with E-state index in [2.05, 4.69) is 141 Å². The topological polar surface area (TPSA) is 18.5 Å². The van der Waals surface area contributed by atoms with Gasteiger partial charge < -0.3 is 37.2 Å². The summed E-state index contributed by atoms with van der Waals surface area (Å²) >= 11 is 2.41. The van der Waals surface area contributed by atoms with Crippen molar-refractivity contribution in [2.45, 2.75) is 35.2 Å². The van der Waals surface area contributed by atoms with Crippen LogP contribution in [-0.4, -0.2) is 43.5 Å². The van der Waals surface area contributed by atoms with E-state index in [0.29, 0.717) is 12.1 Å². The summed E-state index contributed by atoms with van der Waals surface area (Å²) in [5.74, 6) is 0. The van der Waals surface area contributed by atoms with Crippen LogP contribution in [-0.2, 0) is 24.3 Å². The fraction of sp³-hybridized carbons (Fsp3) is 0.379. The van der Waals surface area contributed by atoms with Crippen LogP contribution in [0.25, 0.3) is 0 Å². The quantitative estimate of drug-likeness (QED) is 0.325. The van der Waals surface area contributed by atoms with Gasteiger partial charge in [0.15, 0.2) is 0 Å². The molecule has 1 aliphatic rings. The number of nitrogens with one attached hydrogen (secondary N) is 1. The Balaban J connectivity index is 0.00000216. The summed E-state index contributed by atoms with van der Waals surface area (Å²) in [6.45, 7) is 3.10. The zero-order chi connectivity index (χ0) is 23.1. The Hall–Kier alpha value is -0.876. The van der Waals surface area contributed by atoms with Crippen molar-refractivity contribution in [3.63, 3.8) is 0 Å². The molecule has 7 heteroatoms. The first kappa shape index (κ1) is 33.2. The Kier molecular flexibility index (Phi) is 14.9. The second kappa shape index (κ2) is 16.2. The largest absolute Gasteiger partial charge is 1.00 e. The summed E-state index contributed by atoms with van der Waals surface area (Å²) in [5, 5.41) is 3.92. The zero-order valence-corrected chi connectivity index (χ0v) is 24.9. The van der Waals surface area contributed by atoms with Gasteiger partial charge in [-0.15, -0.1) is 0 Å². The maximum Gasteiger partial charge on any atom is -1.00 e. The summed E-state index contributed by atoms with van der Waals surface area (Å²) in [5.41, 5.74) is 4.19. The predicted molar refractivity (Wildman–Crippen MR) is 134 cm³/mol. The minimum Gasteiger partial charge on any atom is -1.00 e. The van der Waals surface area contributed by atoms with E-state index in [4.69, 9.17) is 0 Å². The molecule has 1 fully saturated rings. The van der Waals surface area contributed by atoms with Gasteiger partial charge in [0, 0.05) is 0 Å². The van der Waals surface area contributed by atoms with Crippen LogP contribution in [0.4, 0.5) is 0 Å². The molecule has 36 heavy (non-hydrogen) atoms. The Morgan fingerprint density at radius 2 is 1.25 bits per heavy atom. The van der Waals surface area contributed by atoms with Crippen LogP contribution in [0.3, 0.4) is 0 Å². The van der Waals surface area contributed by atoms with Crippen LogP contribution in [0.1, 0.15) is 48.0 Å². The van der Waals surface area contributed by atoms with Crippen LogP contribution in [0.15, 0.2) is 91.0 Å². The number of hydrogen-bond acceptors (Lipinski definition) is 3. The first-order chi connectivity index (χ1) is 16.1. The minimum atomic E-state index is -0.0193. The number of halogens is 3. The molecule has 1 heterocycles. The van der Waals surface area contributed by atoms with Gasteiger partial charge in [-0.1, -0.05) is 0 Å². The summed E-state index contributed by atoms with van der Waals surface area (Å²) in [6.07, 6.45) is 3.29. The average molecular weight is 581 g/mol. The standard InChI is InChI=1S/C29H36N3.3ClH.Ti/c1-31-22-19-27(24-12-6-3-7-13-24)30-21-18-28(25-14-8-4-9-15-25)32(2)23-20-29(31)26-16-10-5-11-17-26;;;;/h3-17,27,29-30H,18-23H2,1-2H3;3*1H;/q;;;;+3/p-3. The minimum absolute atomic E-state index is 0. The van der Waals surface area contributed by atoms with E-state index in [1.54, 1.807) is 0 Å². The van der Waals surface area contributed by atoms with E-state index in [1.165, 1.54) is 16.7 Å². The molecular weight excluding hydrogens is 545 g/mol. The van der Waals surface area contributed by atoms with Crippen molar-refractivity contribution in [3.05, 3.63) is 108 Å². The zero-order valence-electron chi connectivity index (χ0n) is 21.1. The SMILES string of the molecule is CN1CCC(c2ccccc2)NCC[C]([Ti+3])(c2ccccc2)N(C)CCC1c1ccccc1.[Cl-].[Cl-].[Cl-]. The summed E-state index contributed by atoms with van der Waals surface area (Å²) in [6, 6.07) is 33.8. The first-order valence-electron chi connectivity index (χ1n) is 12.1. The van der Waals surface area contributed by atoms with Gasteiger partial charge in [0.25, 0.3) is 0 Å². The number of nitrogens with zero attached hydrogens (tertiary/aromatic N) is 2. The molecule has 1 N–H and O–H groups in total. The Morgan fingerprint density at radius 1 is 0.722 bits per heavy atom. The molecule has 0 radical (unpaired) electrons. The van der Waals surface area contributed by atoms with Crippen LogP contribution in [0.5, 0.6) is 0 Å². The smallest absolute Gasteiger partial charge is 1.00 e. The van der Waals surface area contributed by atoms with E-state index < -0.39 is 0 Å². The normalized spacial score (nSPS) is 24.1. The molecule has 3 aromatic carbocycles. The molecule has 0 aromatic heterocycles. The van der Waals surface area contributed by atoms with Crippen LogP contribution in [0.2, 0.25) is 0 Å². The second-order valence-corrected chi connectivity index (χ2v) is 10.6. The van der Waals surface area contributed by atoms with Crippen molar-refractivity contribution < 1.29 is 57.7 Å². The van der Waals surface area contributed by atoms with Gasteiger partial charge in [-0.25, -0.2) is 0 Å². The van der Waals surface area contributed by atoms with Crippen LogP contribution in [0, 0.1) is 0 Å². The van der Waals surface area contributed by atoms with Gasteiger partial charge >= 0.3 is 212 Å². The molecule has 3 nitrogen and oxygen atoms in total. The molecule has 4 rings (SSSR count). The first-order valence-corrected chi connectivity index (χ1v) is 12.9. The van der Waals surface area contributed by atoms with E-state index in [-0.39, 0.29) is 41.1 Å². The molecule has 1 saturated heterocycles. The van der Waals surface area contributed by atoms with E-state index in [1.807, 2.05) is 0 Å². The van der Waals surface area contributed by atoms with E-state index >= 15 is 0 Å². The van der Waals surface area contributed by atoms with Gasteiger partial charge in [-0.3, -0.25) is 0 Å². The third kappa shape index (κ3) is 8.31. The predicted octanol–water partition coefficient (Wildman–Crippen LogP) is -3.48. The van der Waals surface area contributed by atoms with Crippen molar-refractivity contribution >= 4 is 0 Å². The molecule has 0 saturated carbocycles. The van der Waals surface area contributed by atoms with Crippen molar-refractivity contribution in [2.24, 2.45) is 0 Å². The fourth-order valence-corrected chi connectivity index (χ4v) is 5.71. The van der Waals surface area contributed by atoms with Crippen molar-refractivity contribution in [1.29, 1.82) is 0 Å². The average Bonchev–Trinajstić information content (AvgIpc) is 2.87. The second-order valence-electron chi connectivity index (χ2n) is 9.30. The summed E-state index contributed by atoms with van der Waals surface area (Å²) in [4.78, 5) is 5.13. The van der Waals surface area contributed by atoms with Gasteiger partial charge in [0.1, 0.15) is 0 Å². The Bertz CT molecular complexity index is 981. The van der Waals surface area contributed by atoms with Gasteiger partial charge in [0.2, 0.25) is 0 Å². The molecule has 3 unspecified atom stereocenters. The molecule has 3 aromatic rings. The molecular formula is C29H36Cl3N3Ti. The fourth-order valence-electron chi connectivity index (χ4n) is 5.08. The maximum absolute atomic E-state index is 3.92. The summed E-state index contributed by atoms with van der Waals surface area (Å²) < 4.78 is -0.0193. The molecule has 1 aliphatic heterocycles. The third-order valence-electron chi connectivity index (χ3n) is 7.21. The molecule has 192 valence electrons. The summed E-state index contributed by atoms with van der Waals surface area (Å²) in [7, 11) is 4.59. The van der Waals surface area contributed by atoms with Crippen LogP contribution >= 0.6 is 0 Å². The molecule has 0 aliphatic carbocycles. The van der Waals surface area contributed by atoms with Gasteiger partial charge in [-0.05, 0) is 0 Å². The Labute approximate surface area is 248 Å². The van der Waals surface area contributed by atoms with Crippen LogP contribution < -0.4 is 42.5 Å². The number of hydrogen-bond donors (Lipinski definition) is 1. The van der Waals surface area contributed by atoms with Gasteiger partial charge in [0.05, 0.1) is 0 Å². The number of rotatable bonds is 3. The third-order valence-corrected chi connectivity index (χ3v) is 8.64. The van der Waals surface area contributed by atoms with E-state index in [0.717, 1.165) is 38.9 Å². The maximum atomic E-state index is 3.92. The number of benzene rings is 3. The molecule has 0 bridgehead atoms. The molecule has 3 atom stereocenters. The molecule has 0 spiro atoms. The van der Waals surface area contributed by atoms with Crippen molar-refractivity contribution in [2.75, 3.05) is 33.7 Å². The van der Waals surface area contributed by atoms with Gasteiger partial charge in [-0.2, -0.15) is 0 Å². The Morgan fingerprint density at radius 3 is 1.83 bits per heavy atom.